The van der Waals surface area contributed by atoms with Crippen LogP contribution in [0.15, 0.2) is 48.8 Å². The van der Waals surface area contributed by atoms with Gasteiger partial charge in [0.1, 0.15) is 23.7 Å². The maximum Gasteiger partial charge on any atom is 0.353 e. The molecule has 2 N–H and O–H groups in total. The first-order valence-electron chi connectivity index (χ1n) is 7.60. The first-order chi connectivity index (χ1) is 13.0. The molecule has 138 valence electrons. The molecule has 0 amide bonds. The Hall–Kier alpha value is -3.82. The summed E-state index contributed by atoms with van der Waals surface area (Å²) >= 11 is 0. The van der Waals surface area contributed by atoms with Gasteiger partial charge in [-0.15, -0.1) is 0 Å². The topological polar surface area (TPSA) is 102 Å². The zero-order valence-corrected chi connectivity index (χ0v) is 13.9. The molecule has 0 saturated carbocycles. The average molecular weight is 373 g/mol. The number of anilines is 4. The van der Waals surface area contributed by atoms with Gasteiger partial charge in [0.15, 0.2) is 0 Å². The predicted octanol–water partition coefficient (Wildman–Crippen LogP) is 4.16. The van der Waals surface area contributed by atoms with Crippen LogP contribution in [0.25, 0.3) is 0 Å². The summed E-state index contributed by atoms with van der Waals surface area (Å²) in [7, 11) is 1.52. The van der Waals surface area contributed by atoms with Crippen LogP contribution in [0, 0.1) is 21.7 Å². The van der Waals surface area contributed by atoms with E-state index in [1.165, 1.54) is 7.11 Å². The molecule has 0 aliphatic carbocycles. The largest absolute Gasteiger partial charge is 0.497 e. The van der Waals surface area contributed by atoms with Gasteiger partial charge in [-0.25, -0.2) is 18.7 Å². The normalized spacial score (nSPS) is 10.3. The molecule has 0 spiro atoms. The van der Waals surface area contributed by atoms with Gasteiger partial charge in [-0.3, -0.25) is 10.1 Å². The van der Waals surface area contributed by atoms with E-state index in [9.17, 15) is 18.9 Å². The summed E-state index contributed by atoms with van der Waals surface area (Å²) in [5.41, 5.74) is -0.123. The molecular weight excluding hydrogens is 360 g/mol. The van der Waals surface area contributed by atoms with Crippen molar-refractivity contribution in [3.05, 3.63) is 70.5 Å². The van der Waals surface area contributed by atoms with Gasteiger partial charge in [-0.05, 0) is 36.4 Å². The molecule has 0 fully saturated rings. The van der Waals surface area contributed by atoms with Gasteiger partial charge in [0.2, 0.25) is 11.6 Å². The molecule has 0 atom stereocenters. The van der Waals surface area contributed by atoms with E-state index in [1.54, 1.807) is 24.3 Å². The quantitative estimate of drug-likeness (QED) is 0.494. The van der Waals surface area contributed by atoms with Crippen molar-refractivity contribution in [2.45, 2.75) is 0 Å². The van der Waals surface area contributed by atoms with Gasteiger partial charge >= 0.3 is 5.69 Å². The minimum absolute atomic E-state index is 0.0924. The van der Waals surface area contributed by atoms with Crippen LogP contribution in [0.4, 0.5) is 37.5 Å². The Morgan fingerprint density at radius 3 is 2.30 bits per heavy atom. The third kappa shape index (κ3) is 4.06. The highest BCUT2D eigenvalue weighted by Crippen LogP contribution is 2.33. The number of benzene rings is 2. The minimum Gasteiger partial charge on any atom is -0.497 e. The van der Waals surface area contributed by atoms with Crippen molar-refractivity contribution in [2.75, 3.05) is 17.7 Å². The lowest BCUT2D eigenvalue weighted by Gasteiger charge is -2.11. The van der Waals surface area contributed by atoms with Crippen LogP contribution in [0.5, 0.6) is 5.75 Å². The lowest BCUT2D eigenvalue weighted by atomic mass is 10.2. The van der Waals surface area contributed by atoms with E-state index < -0.39 is 22.2 Å². The molecule has 0 aliphatic rings. The molecule has 0 aliphatic heterocycles. The smallest absolute Gasteiger partial charge is 0.353 e. The van der Waals surface area contributed by atoms with E-state index in [0.717, 1.165) is 18.5 Å². The Morgan fingerprint density at radius 2 is 1.70 bits per heavy atom. The minimum atomic E-state index is -0.910. The first-order valence-corrected chi connectivity index (χ1v) is 7.60. The van der Waals surface area contributed by atoms with Crippen molar-refractivity contribution in [2.24, 2.45) is 0 Å². The van der Waals surface area contributed by atoms with E-state index in [4.69, 9.17) is 4.74 Å². The highest BCUT2D eigenvalue weighted by Gasteiger charge is 2.24. The Bertz CT molecular complexity index is 983. The third-order valence-electron chi connectivity index (χ3n) is 3.54. The lowest BCUT2D eigenvalue weighted by molar-refractivity contribution is -0.383. The Balaban J connectivity index is 1.95. The molecule has 3 rings (SSSR count). The van der Waals surface area contributed by atoms with Crippen LogP contribution >= 0.6 is 0 Å². The van der Waals surface area contributed by atoms with Crippen LogP contribution in [-0.4, -0.2) is 22.0 Å². The molecule has 8 nitrogen and oxygen atoms in total. The number of halogens is 2. The fourth-order valence-corrected chi connectivity index (χ4v) is 2.26. The number of rotatable bonds is 6. The van der Waals surface area contributed by atoms with Crippen LogP contribution in [0.1, 0.15) is 0 Å². The van der Waals surface area contributed by atoms with Crippen molar-refractivity contribution >= 4 is 28.7 Å². The summed E-state index contributed by atoms with van der Waals surface area (Å²) < 4.78 is 31.9. The molecule has 27 heavy (non-hydrogen) atoms. The van der Waals surface area contributed by atoms with Gasteiger partial charge < -0.3 is 15.4 Å². The maximum absolute atomic E-state index is 13.8. The van der Waals surface area contributed by atoms with Gasteiger partial charge in [0, 0.05) is 11.8 Å². The number of nitro groups is 1. The summed E-state index contributed by atoms with van der Waals surface area (Å²) in [6.45, 7) is 0. The van der Waals surface area contributed by atoms with Crippen molar-refractivity contribution < 1.29 is 18.4 Å². The summed E-state index contributed by atoms with van der Waals surface area (Å²) in [5.74, 6) is -1.39. The van der Waals surface area contributed by atoms with Crippen LogP contribution in [0.2, 0.25) is 0 Å². The zero-order chi connectivity index (χ0) is 19.4. The van der Waals surface area contributed by atoms with E-state index in [-0.39, 0.29) is 17.3 Å². The number of hydrogen-bond acceptors (Lipinski definition) is 7. The molecule has 1 aromatic heterocycles. The highest BCUT2D eigenvalue weighted by atomic mass is 19.1. The second-order valence-electron chi connectivity index (χ2n) is 5.28. The molecule has 0 bridgehead atoms. The molecule has 0 saturated heterocycles. The van der Waals surface area contributed by atoms with Crippen molar-refractivity contribution in [3.63, 3.8) is 0 Å². The fourth-order valence-electron chi connectivity index (χ4n) is 2.26. The van der Waals surface area contributed by atoms with Crippen LogP contribution < -0.4 is 15.4 Å². The van der Waals surface area contributed by atoms with E-state index in [2.05, 4.69) is 20.6 Å². The lowest BCUT2D eigenvalue weighted by Crippen LogP contribution is -2.06. The van der Waals surface area contributed by atoms with E-state index >= 15 is 0 Å². The molecule has 1 heterocycles. The number of hydrogen-bond donors (Lipinski definition) is 2. The molecule has 10 heteroatoms. The second-order valence-corrected chi connectivity index (χ2v) is 5.28. The average Bonchev–Trinajstić information content (AvgIpc) is 2.64. The van der Waals surface area contributed by atoms with Crippen molar-refractivity contribution in [1.29, 1.82) is 0 Å². The monoisotopic (exact) mass is 373 g/mol. The first kappa shape index (κ1) is 18.0. The van der Waals surface area contributed by atoms with Gasteiger partial charge in [0.05, 0.1) is 17.7 Å². The van der Waals surface area contributed by atoms with E-state index in [0.29, 0.717) is 17.5 Å². The van der Waals surface area contributed by atoms with Gasteiger partial charge in [-0.1, -0.05) is 0 Å². The number of nitrogens with zero attached hydrogens (tertiary/aromatic N) is 3. The summed E-state index contributed by atoms with van der Waals surface area (Å²) in [4.78, 5) is 18.5. The predicted molar refractivity (Wildman–Crippen MR) is 94.6 cm³/mol. The summed E-state index contributed by atoms with van der Waals surface area (Å²) in [6.07, 6.45) is 1.09. The van der Waals surface area contributed by atoms with Gasteiger partial charge in [0.25, 0.3) is 0 Å². The SMILES string of the molecule is COc1ccc(Nc2ncnc(Nc3ccc(F)cc3F)c2[N+](=O)[O-])cc1. The number of ether oxygens (including phenoxy) is 1. The second kappa shape index (κ2) is 7.60. The van der Waals surface area contributed by atoms with Crippen molar-refractivity contribution in [1.82, 2.24) is 9.97 Å². The van der Waals surface area contributed by atoms with Crippen LogP contribution in [-0.2, 0) is 0 Å². The summed E-state index contributed by atoms with van der Waals surface area (Å²) in [6, 6.07) is 9.44. The maximum atomic E-state index is 13.8. The third-order valence-corrected chi connectivity index (χ3v) is 3.54. The van der Waals surface area contributed by atoms with E-state index in [1.807, 2.05) is 0 Å². The highest BCUT2D eigenvalue weighted by molar-refractivity contribution is 5.76. The standard InChI is InChI=1S/C17H13F2N5O3/c1-27-12-5-3-11(4-6-12)22-16-15(24(25)26)17(21-9-20-16)23-14-7-2-10(18)8-13(14)19/h2-9H,1H3,(H2,20,21,22,23). The van der Waals surface area contributed by atoms with Crippen molar-refractivity contribution in [3.8, 4) is 5.75 Å². The summed E-state index contributed by atoms with van der Waals surface area (Å²) in [5, 5.41) is 16.8. The molecular formula is C17H13F2N5O3. The Kier molecular flexibility index (Phi) is 5.06. The Morgan fingerprint density at radius 1 is 1.04 bits per heavy atom. The number of aromatic nitrogens is 2. The fraction of sp³-hybridized carbons (Fsp3) is 0.0588. The number of nitrogens with one attached hydrogen (secondary N) is 2. The number of methoxy groups -OCH3 is 1. The van der Waals surface area contributed by atoms with Crippen LogP contribution in [0.3, 0.4) is 0 Å². The zero-order valence-electron chi connectivity index (χ0n) is 13.9. The molecule has 0 radical (unpaired) electrons. The molecule has 2 aromatic carbocycles. The Labute approximate surface area is 152 Å². The van der Waals surface area contributed by atoms with Gasteiger partial charge in [-0.2, -0.15) is 0 Å². The molecule has 3 aromatic rings. The molecule has 0 unspecified atom stereocenters.